The van der Waals surface area contributed by atoms with Gasteiger partial charge in [-0.25, -0.2) is 4.79 Å². The number of alkyl carbamates (subject to hydrolysis) is 1. The number of rotatable bonds is 10. The summed E-state index contributed by atoms with van der Waals surface area (Å²) in [5.74, 6) is -1.42. The molecule has 2 aromatic carbocycles. The summed E-state index contributed by atoms with van der Waals surface area (Å²) in [6.45, 7) is 12.8. The van der Waals surface area contributed by atoms with Crippen LogP contribution in [0.25, 0.3) is 0 Å². The summed E-state index contributed by atoms with van der Waals surface area (Å²) in [6, 6.07) is 8.62. The standard InChI is InChI=1S/C31H41ClN4O5/c1-17-11-12-18(2)21(15-17)27(28(38)35-26-19(3)9-8-10-22(26)32)36(24-16-20(24)4)29(39)23(13-14-25(33)37)34-30(40)41-31(5,6)7/h8-12,15,20,23-24,27H,13-14,16H2,1-7H3,(H2,33,37)(H,34,40)(H,35,38). The largest absolute Gasteiger partial charge is 0.444 e. The fraction of sp³-hybridized carbons (Fsp3) is 0.484. The minimum Gasteiger partial charge on any atom is -0.444 e. The van der Waals surface area contributed by atoms with Crippen LogP contribution >= 0.6 is 11.6 Å². The van der Waals surface area contributed by atoms with E-state index in [9.17, 15) is 19.2 Å². The number of hydrogen-bond acceptors (Lipinski definition) is 5. The van der Waals surface area contributed by atoms with Crippen molar-refractivity contribution >= 4 is 41.1 Å². The number of primary amides is 1. The molecule has 4 unspecified atom stereocenters. The summed E-state index contributed by atoms with van der Waals surface area (Å²) in [6.07, 6.45) is -0.307. The Bertz CT molecular complexity index is 1300. The minimum atomic E-state index is -1.15. The quantitative estimate of drug-likeness (QED) is 0.347. The molecule has 1 aliphatic carbocycles. The lowest BCUT2D eigenvalue weighted by atomic mass is 9.95. The van der Waals surface area contributed by atoms with Gasteiger partial charge in [-0.2, -0.15) is 0 Å². The van der Waals surface area contributed by atoms with Crippen molar-refractivity contribution in [2.75, 3.05) is 5.32 Å². The number of anilines is 1. The molecule has 0 bridgehead atoms. The fourth-order valence-electron chi connectivity index (χ4n) is 4.80. The van der Waals surface area contributed by atoms with E-state index in [1.54, 1.807) is 37.8 Å². The first-order chi connectivity index (χ1) is 19.1. The number of nitrogens with two attached hydrogens (primary N) is 1. The van der Waals surface area contributed by atoms with Gasteiger partial charge in [0.1, 0.15) is 17.7 Å². The van der Waals surface area contributed by atoms with Gasteiger partial charge < -0.3 is 26.0 Å². The molecule has 41 heavy (non-hydrogen) atoms. The van der Waals surface area contributed by atoms with Gasteiger partial charge in [0.15, 0.2) is 0 Å². The molecule has 2 aromatic rings. The van der Waals surface area contributed by atoms with Crippen LogP contribution in [-0.2, 0) is 19.1 Å². The predicted octanol–water partition coefficient (Wildman–Crippen LogP) is 5.34. The summed E-state index contributed by atoms with van der Waals surface area (Å²) in [7, 11) is 0. The monoisotopic (exact) mass is 584 g/mol. The normalized spacial score (nSPS) is 17.7. The number of benzene rings is 2. The lowest BCUT2D eigenvalue weighted by Gasteiger charge is -2.36. The van der Waals surface area contributed by atoms with Crippen molar-refractivity contribution in [1.29, 1.82) is 0 Å². The predicted molar refractivity (Wildman–Crippen MR) is 159 cm³/mol. The summed E-state index contributed by atoms with van der Waals surface area (Å²) < 4.78 is 5.40. The maximum atomic E-state index is 14.4. The van der Waals surface area contributed by atoms with E-state index in [1.807, 2.05) is 52.0 Å². The van der Waals surface area contributed by atoms with E-state index in [4.69, 9.17) is 22.1 Å². The average Bonchev–Trinajstić information content (AvgIpc) is 3.58. The molecule has 0 spiro atoms. The molecule has 0 heterocycles. The Labute approximate surface area is 247 Å². The van der Waals surface area contributed by atoms with Crippen molar-refractivity contribution in [3.63, 3.8) is 0 Å². The number of para-hydroxylation sites is 1. The van der Waals surface area contributed by atoms with Crippen LogP contribution in [0.3, 0.4) is 0 Å². The van der Waals surface area contributed by atoms with Gasteiger partial charge >= 0.3 is 6.09 Å². The van der Waals surface area contributed by atoms with Crippen LogP contribution < -0.4 is 16.4 Å². The highest BCUT2D eigenvalue weighted by atomic mass is 35.5. The molecule has 1 fully saturated rings. The number of amides is 4. The summed E-state index contributed by atoms with van der Waals surface area (Å²) in [4.78, 5) is 54.6. The zero-order valence-electron chi connectivity index (χ0n) is 24.8. The second kappa shape index (κ2) is 12.9. The Kier molecular flexibility index (Phi) is 10.1. The van der Waals surface area contributed by atoms with Gasteiger partial charge in [-0.05, 0) is 83.1 Å². The molecule has 10 heteroatoms. The van der Waals surface area contributed by atoms with Crippen LogP contribution in [0.1, 0.15) is 75.3 Å². The molecular formula is C31H41ClN4O5. The third-order valence-electron chi connectivity index (χ3n) is 7.07. The first kappa shape index (κ1) is 31.9. The van der Waals surface area contributed by atoms with E-state index in [-0.39, 0.29) is 24.8 Å². The van der Waals surface area contributed by atoms with E-state index in [0.717, 1.165) is 16.7 Å². The van der Waals surface area contributed by atoms with Crippen LogP contribution in [0.5, 0.6) is 0 Å². The lowest BCUT2D eigenvalue weighted by Crippen LogP contribution is -2.53. The van der Waals surface area contributed by atoms with Gasteiger partial charge in [0.2, 0.25) is 11.8 Å². The molecule has 0 aromatic heterocycles. The van der Waals surface area contributed by atoms with Crippen molar-refractivity contribution in [2.45, 2.75) is 91.5 Å². The highest BCUT2D eigenvalue weighted by molar-refractivity contribution is 6.34. The number of carbonyl (C=O) groups excluding carboxylic acids is 4. The number of ether oxygens (including phenoxy) is 1. The van der Waals surface area contributed by atoms with Gasteiger partial charge in [-0.15, -0.1) is 0 Å². The van der Waals surface area contributed by atoms with Gasteiger partial charge in [-0.1, -0.05) is 54.4 Å². The molecule has 4 amide bonds. The van der Waals surface area contributed by atoms with Crippen molar-refractivity contribution < 1.29 is 23.9 Å². The molecular weight excluding hydrogens is 544 g/mol. The topological polar surface area (TPSA) is 131 Å². The van der Waals surface area contributed by atoms with Gasteiger partial charge in [0, 0.05) is 12.5 Å². The molecule has 4 N–H and O–H groups in total. The Morgan fingerprint density at radius 3 is 2.32 bits per heavy atom. The molecule has 222 valence electrons. The summed E-state index contributed by atoms with van der Waals surface area (Å²) in [5, 5.41) is 5.98. The number of carbonyl (C=O) groups is 4. The van der Waals surface area contributed by atoms with Gasteiger partial charge in [0.25, 0.3) is 5.91 Å². The van der Waals surface area contributed by atoms with Crippen molar-refractivity contribution in [3.05, 3.63) is 63.7 Å². The highest BCUT2D eigenvalue weighted by Crippen LogP contribution is 2.42. The second-order valence-corrected chi connectivity index (χ2v) is 12.3. The molecule has 4 atom stereocenters. The summed E-state index contributed by atoms with van der Waals surface area (Å²) >= 11 is 6.45. The van der Waals surface area contributed by atoms with Crippen LogP contribution in [-0.4, -0.2) is 46.4 Å². The van der Waals surface area contributed by atoms with Crippen molar-refractivity contribution in [2.24, 2.45) is 11.7 Å². The van der Waals surface area contributed by atoms with E-state index in [2.05, 4.69) is 10.6 Å². The third-order valence-corrected chi connectivity index (χ3v) is 7.39. The molecule has 0 saturated heterocycles. The Balaban J connectivity index is 2.10. The number of nitrogens with zero attached hydrogens (tertiary/aromatic N) is 1. The van der Waals surface area contributed by atoms with E-state index < -0.39 is 41.5 Å². The average molecular weight is 585 g/mol. The first-order valence-electron chi connectivity index (χ1n) is 13.8. The maximum absolute atomic E-state index is 14.4. The third kappa shape index (κ3) is 8.45. The van der Waals surface area contributed by atoms with Gasteiger partial charge in [0.05, 0.1) is 10.7 Å². The minimum absolute atomic E-state index is 0.0459. The number of nitrogens with one attached hydrogen (secondary N) is 2. The molecule has 3 rings (SSSR count). The lowest BCUT2D eigenvalue weighted by molar-refractivity contribution is -0.142. The molecule has 0 radical (unpaired) electrons. The number of hydrogen-bond donors (Lipinski definition) is 3. The van der Waals surface area contributed by atoms with E-state index >= 15 is 0 Å². The number of aryl methyl sites for hydroxylation is 3. The smallest absolute Gasteiger partial charge is 0.408 e. The highest BCUT2D eigenvalue weighted by Gasteiger charge is 2.48. The fourth-order valence-corrected chi connectivity index (χ4v) is 5.07. The van der Waals surface area contributed by atoms with E-state index in [0.29, 0.717) is 22.7 Å². The molecule has 1 aliphatic rings. The maximum Gasteiger partial charge on any atom is 0.408 e. The zero-order chi connectivity index (χ0) is 30.6. The number of halogens is 1. The molecule has 9 nitrogen and oxygen atoms in total. The van der Waals surface area contributed by atoms with Crippen molar-refractivity contribution in [3.8, 4) is 0 Å². The SMILES string of the molecule is Cc1ccc(C)c(C(C(=O)Nc2c(C)cccc2Cl)N(C(=O)C(CCC(N)=O)NC(=O)OC(C)(C)C)C2CC2C)c1. The van der Waals surface area contributed by atoms with Crippen LogP contribution in [0.2, 0.25) is 5.02 Å². The summed E-state index contributed by atoms with van der Waals surface area (Å²) in [5.41, 5.74) is 8.24. The second-order valence-electron chi connectivity index (χ2n) is 11.9. The Morgan fingerprint density at radius 1 is 1.10 bits per heavy atom. The molecule has 1 saturated carbocycles. The molecule has 0 aliphatic heterocycles. The Morgan fingerprint density at radius 2 is 1.76 bits per heavy atom. The van der Waals surface area contributed by atoms with Crippen LogP contribution in [0.15, 0.2) is 36.4 Å². The van der Waals surface area contributed by atoms with Crippen LogP contribution in [0.4, 0.5) is 10.5 Å². The van der Waals surface area contributed by atoms with E-state index in [1.165, 1.54) is 0 Å². The Hall–Kier alpha value is -3.59. The first-order valence-corrected chi connectivity index (χ1v) is 14.2. The van der Waals surface area contributed by atoms with Crippen LogP contribution in [0, 0.1) is 26.7 Å². The zero-order valence-corrected chi connectivity index (χ0v) is 25.6. The van der Waals surface area contributed by atoms with Gasteiger partial charge in [-0.3, -0.25) is 14.4 Å². The van der Waals surface area contributed by atoms with Crippen molar-refractivity contribution in [1.82, 2.24) is 10.2 Å².